The minimum absolute atomic E-state index is 0.162. The Bertz CT molecular complexity index is 598. The summed E-state index contributed by atoms with van der Waals surface area (Å²) in [6.07, 6.45) is 4.47. The molecule has 0 saturated carbocycles. The zero-order valence-corrected chi connectivity index (χ0v) is 12.2. The average molecular weight is 307 g/mol. The Balaban J connectivity index is 2.00. The minimum Gasteiger partial charge on any atom is -0.465 e. The maximum Gasteiger partial charge on any atom is 0.366 e. The molecule has 1 aliphatic carbocycles. The lowest BCUT2D eigenvalue weighted by atomic mass is 9.75. The summed E-state index contributed by atoms with van der Waals surface area (Å²) in [5, 5.41) is -1.73. The maximum absolute atomic E-state index is 12.4. The summed E-state index contributed by atoms with van der Waals surface area (Å²) >= 11 is 6.32. The van der Waals surface area contributed by atoms with Gasteiger partial charge in [0.25, 0.3) is 5.06 Å². The molecule has 2 aliphatic rings. The highest BCUT2D eigenvalue weighted by Gasteiger charge is 2.59. The number of alkyl halides is 1. The van der Waals surface area contributed by atoms with E-state index in [9.17, 15) is 9.59 Å². The number of allylic oxidation sites excluding steroid dienone is 2. The van der Waals surface area contributed by atoms with Crippen LogP contribution in [0.25, 0.3) is 0 Å². The molecular formula is C16H15ClO4. The van der Waals surface area contributed by atoms with E-state index in [1.807, 2.05) is 42.5 Å². The van der Waals surface area contributed by atoms with E-state index in [-0.39, 0.29) is 11.8 Å². The van der Waals surface area contributed by atoms with Gasteiger partial charge in [0.05, 0.1) is 13.0 Å². The predicted molar refractivity (Wildman–Crippen MR) is 76.6 cm³/mol. The van der Waals surface area contributed by atoms with Gasteiger partial charge in [-0.1, -0.05) is 54.1 Å². The molecule has 1 aromatic carbocycles. The second kappa shape index (κ2) is 5.19. The van der Waals surface area contributed by atoms with Crippen molar-refractivity contribution in [2.75, 3.05) is 7.11 Å². The van der Waals surface area contributed by atoms with E-state index in [0.717, 1.165) is 5.56 Å². The SMILES string of the molecule is COC(=O)C1(Cl)OC(=O)C(c2ccccc2)C2C=CCC21. The van der Waals surface area contributed by atoms with Gasteiger partial charge in [0, 0.05) is 11.8 Å². The number of hydrogen-bond acceptors (Lipinski definition) is 4. The van der Waals surface area contributed by atoms with Gasteiger partial charge >= 0.3 is 11.9 Å². The first-order chi connectivity index (χ1) is 10.1. The van der Waals surface area contributed by atoms with E-state index in [0.29, 0.717) is 6.42 Å². The van der Waals surface area contributed by atoms with Crippen LogP contribution in [0, 0.1) is 11.8 Å². The third-order valence-electron chi connectivity index (χ3n) is 4.20. The molecule has 1 heterocycles. The summed E-state index contributed by atoms with van der Waals surface area (Å²) < 4.78 is 10.0. The summed E-state index contributed by atoms with van der Waals surface area (Å²) in [4.78, 5) is 24.4. The lowest BCUT2D eigenvalue weighted by Crippen LogP contribution is -2.53. The molecule has 0 aromatic heterocycles. The number of fused-ring (bicyclic) bond motifs is 1. The number of halogens is 1. The Morgan fingerprint density at radius 2 is 2.10 bits per heavy atom. The molecule has 1 fully saturated rings. The lowest BCUT2D eigenvalue weighted by molar-refractivity contribution is -0.186. The van der Waals surface area contributed by atoms with Crippen molar-refractivity contribution in [2.45, 2.75) is 17.4 Å². The summed E-state index contributed by atoms with van der Waals surface area (Å²) in [5.74, 6) is -2.12. The molecule has 21 heavy (non-hydrogen) atoms. The highest BCUT2D eigenvalue weighted by molar-refractivity contribution is 6.34. The number of carbonyl (C=O) groups is 2. The fraction of sp³-hybridized carbons (Fsp3) is 0.375. The van der Waals surface area contributed by atoms with Crippen molar-refractivity contribution in [1.82, 2.24) is 0 Å². The van der Waals surface area contributed by atoms with Crippen LogP contribution in [0.15, 0.2) is 42.5 Å². The van der Waals surface area contributed by atoms with Gasteiger partial charge in [0.2, 0.25) is 0 Å². The Hall–Kier alpha value is -1.81. The summed E-state index contributed by atoms with van der Waals surface area (Å²) in [5.41, 5.74) is 0.868. The molecule has 0 amide bonds. The molecule has 4 nitrogen and oxygen atoms in total. The number of methoxy groups -OCH3 is 1. The van der Waals surface area contributed by atoms with Gasteiger partial charge in [-0.15, -0.1) is 0 Å². The Labute approximate surface area is 127 Å². The molecular weight excluding hydrogens is 292 g/mol. The predicted octanol–water partition coefficient (Wildman–Crippen LogP) is 2.63. The number of ether oxygens (including phenoxy) is 2. The van der Waals surface area contributed by atoms with Gasteiger partial charge in [-0.3, -0.25) is 4.79 Å². The topological polar surface area (TPSA) is 52.6 Å². The fourth-order valence-electron chi connectivity index (χ4n) is 3.21. The maximum atomic E-state index is 12.4. The first kappa shape index (κ1) is 14.1. The van der Waals surface area contributed by atoms with Gasteiger partial charge in [-0.05, 0) is 12.0 Å². The Kier molecular flexibility index (Phi) is 3.49. The smallest absolute Gasteiger partial charge is 0.366 e. The molecule has 0 N–H and O–H groups in total. The first-order valence-electron chi connectivity index (χ1n) is 6.79. The van der Waals surface area contributed by atoms with E-state index in [1.54, 1.807) is 0 Å². The number of esters is 2. The second-order valence-corrected chi connectivity index (χ2v) is 5.86. The molecule has 110 valence electrons. The summed E-state index contributed by atoms with van der Waals surface area (Å²) in [6, 6.07) is 9.40. The van der Waals surface area contributed by atoms with Crippen molar-refractivity contribution in [3.8, 4) is 0 Å². The molecule has 0 bridgehead atoms. The van der Waals surface area contributed by atoms with Crippen LogP contribution < -0.4 is 0 Å². The number of carbonyl (C=O) groups excluding carboxylic acids is 2. The van der Waals surface area contributed by atoms with Crippen molar-refractivity contribution in [1.29, 1.82) is 0 Å². The molecule has 1 saturated heterocycles. The monoisotopic (exact) mass is 306 g/mol. The summed E-state index contributed by atoms with van der Waals surface area (Å²) in [7, 11) is 1.24. The van der Waals surface area contributed by atoms with Crippen molar-refractivity contribution >= 4 is 23.5 Å². The third-order valence-corrected chi connectivity index (χ3v) is 4.71. The van der Waals surface area contributed by atoms with Crippen molar-refractivity contribution in [3.05, 3.63) is 48.0 Å². The standard InChI is InChI=1S/C16H15ClO4/c1-20-15(19)16(17)12-9-5-8-11(12)13(14(18)21-16)10-6-3-2-4-7-10/h2-8,11-13H,9H2,1H3. The molecule has 3 rings (SSSR count). The molecule has 0 radical (unpaired) electrons. The zero-order chi connectivity index (χ0) is 15.0. The van der Waals surface area contributed by atoms with Crippen LogP contribution in [0.3, 0.4) is 0 Å². The fourth-order valence-corrected chi connectivity index (χ4v) is 3.60. The molecule has 5 heteroatoms. The molecule has 0 spiro atoms. The minimum atomic E-state index is -1.73. The van der Waals surface area contributed by atoms with Gasteiger partial charge in [0.1, 0.15) is 0 Å². The van der Waals surface area contributed by atoms with Gasteiger partial charge in [-0.2, -0.15) is 0 Å². The van der Waals surface area contributed by atoms with Crippen molar-refractivity contribution < 1.29 is 19.1 Å². The van der Waals surface area contributed by atoms with E-state index >= 15 is 0 Å². The number of benzene rings is 1. The average Bonchev–Trinajstić information content (AvgIpc) is 2.97. The van der Waals surface area contributed by atoms with Gasteiger partial charge < -0.3 is 9.47 Å². The first-order valence-corrected chi connectivity index (χ1v) is 7.17. The number of rotatable bonds is 2. The largest absolute Gasteiger partial charge is 0.465 e. The van der Waals surface area contributed by atoms with E-state index < -0.39 is 22.9 Å². The van der Waals surface area contributed by atoms with E-state index in [4.69, 9.17) is 21.1 Å². The van der Waals surface area contributed by atoms with Crippen molar-refractivity contribution in [3.63, 3.8) is 0 Å². The number of hydrogen-bond donors (Lipinski definition) is 0. The van der Waals surface area contributed by atoms with Crippen LogP contribution in [0.1, 0.15) is 17.9 Å². The van der Waals surface area contributed by atoms with Crippen molar-refractivity contribution in [2.24, 2.45) is 11.8 Å². The highest BCUT2D eigenvalue weighted by Crippen LogP contribution is 2.51. The number of cyclic esters (lactones) is 1. The zero-order valence-electron chi connectivity index (χ0n) is 11.5. The van der Waals surface area contributed by atoms with Crippen LogP contribution in [0.5, 0.6) is 0 Å². The Morgan fingerprint density at radius 3 is 2.76 bits per heavy atom. The normalized spacial score (nSPS) is 34.2. The second-order valence-electron chi connectivity index (χ2n) is 5.29. The third kappa shape index (κ3) is 2.14. The molecule has 4 atom stereocenters. The summed E-state index contributed by atoms with van der Waals surface area (Å²) in [6.45, 7) is 0. The van der Waals surface area contributed by atoms with Crippen LogP contribution in [-0.2, 0) is 19.1 Å². The van der Waals surface area contributed by atoms with E-state index in [2.05, 4.69) is 0 Å². The van der Waals surface area contributed by atoms with Crippen LogP contribution in [-0.4, -0.2) is 24.1 Å². The molecule has 4 unspecified atom stereocenters. The molecule has 1 aliphatic heterocycles. The van der Waals surface area contributed by atoms with E-state index in [1.165, 1.54) is 7.11 Å². The highest BCUT2D eigenvalue weighted by atomic mass is 35.5. The van der Waals surface area contributed by atoms with Gasteiger partial charge in [-0.25, -0.2) is 4.79 Å². The van der Waals surface area contributed by atoms with Crippen LogP contribution in [0.2, 0.25) is 0 Å². The quantitative estimate of drug-likeness (QED) is 0.479. The van der Waals surface area contributed by atoms with Crippen LogP contribution >= 0.6 is 11.6 Å². The Morgan fingerprint density at radius 1 is 1.38 bits per heavy atom. The molecule has 1 aromatic rings. The lowest BCUT2D eigenvalue weighted by Gasteiger charge is -2.41. The van der Waals surface area contributed by atoms with Crippen LogP contribution in [0.4, 0.5) is 0 Å². The van der Waals surface area contributed by atoms with Gasteiger partial charge in [0.15, 0.2) is 0 Å².